The summed E-state index contributed by atoms with van der Waals surface area (Å²) in [5.74, 6) is -2.27. The van der Waals surface area contributed by atoms with Gasteiger partial charge in [0.15, 0.2) is 12.4 Å². The smallest absolute Gasteiger partial charge is 0.306 e. The van der Waals surface area contributed by atoms with Crippen LogP contribution in [-0.4, -0.2) is 82.3 Å². The number of unbranched alkanes of at least 4 members (excludes halogenated alkanes) is 37. The van der Waals surface area contributed by atoms with Crippen LogP contribution in [0.5, 0.6) is 0 Å². The number of carboxylic acid groups (broad SMARTS) is 1. The van der Waals surface area contributed by atoms with Crippen LogP contribution in [-0.2, 0) is 33.3 Å². The van der Waals surface area contributed by atoms with E-state index >= 15 is 0 Å². The number of nitrogens with zero attached hydrogens (tertiary/aromatic N) is 1. The van der Waals surface area contributed by atoms with Crippen molar-refractivity contribution in [2.75, 3.05) is 47.5 Å². The Morgan fingerprint density at radius 3 is 1.04 bits per heavy atom. The topological polar surface area (TPSA) is 111 Å². The van der Waals surface area contributed by atoms with Crippen LogP contribution in [0.15, 0.2) is 72.9 Å². The fourth-order valence-electron chi connectivity index (χ4n) is 9.96. The first-order chi connectivity index (χ1) is 40.1. The van der Waals surface area contributed by atoms with E-state index in [9.17, 15) is 19.5 Å². The van der Waals surface area contributed by atoms with Crippen molar-refractivity contribution in [3.05, 3.63) is 72.9 Å². The molecule has 476 valence electrons. The summed E-state index contributed by atoms with van der Waals surface area (Å²) in [6.07, 6.45) is 81.2. The molecule has 0 heterocycles. The van der Waals surface area contributed by atoms with Crippen LogP contribution in [0.1, 0.15) is 316 Å². The number of hydrogen-bond acceptors (Lipinski definition) is 8. The molecule has 9 heteroatoms. The fraction of sp³-hybridized carbons (Fsp3) is 0.795. The molecule has 82 heavy (non-hydrogen) atoms. The number of aliphatic carboxylic acids is 1. The predicted octanol–water partition coefficient (Wildman–Crippen LogP) is 20.0. The van der Waals surface area contributed by atoms with E-state index in [2.05, 4.69) is 86.8 Å². The number of hydrogen-bond donors (Lipinski definition) is 0. The number of carbonyl (C=O) groups is 3. The average Bonchev–Trinajstić information content (AvgIpc) is 3.45. The molecule has 0 aromatic carbocycles. The molecule has 0 aliphatic rings. The maximum atomic E-state index is 12.9. The molecule has 2 unspecified atom stereocenters. The highest BCUT2D eigenvalue weighted by Gasteiger charge is 2.22. The van der Waals surface area contributed by atoms with E-state index in [-0.39, 0.29) is 32.2 Å². The highest BCUT2D eigenvalue weighted by atomic mass is 16.7. The quantitative estimate of drug-likeness (QED) is 0.0195. The second kappa shape index (κ2) is 63.7. The molecule has 0 radical (unpaired) electrons. The van der Waals surface area contributed by atoms with E-state index in [0.717, 1.165) is 77.0 Å². The van der Waals surface area contributed by atoms with Gasteiger partial charge in [0.2, 0.25) is 0 Å². The number of carbonyl (C=O) groups excluding carboxylic acids is 3. The molecule has 0 bridgehead atoms. The summed E-state index contributed by atoms with van der Waals surface area (Å²) in [5, 5.41) is 11.8. The zero-order valence-corrected chi connectivity index (χ0v) is 54.4. The molecule has 0 N–H and O–H groups in total. The highest BCUT2D eigenvalue weighted by Crippen LogP contribution is 2.18. The molecule has 0 aromatic heterocycles. The average molecular weight is 1150 g/mol. The van der Waals surface area contributed by atoms with E-state index in [4.69, 9.17) is 18.9 Å². The Hall–Kier alpha value is -3.27. The van der Waals surface area contributed by atoms with Gasteiger partial charge in [-0.1, -0.05) is 311 Å². The van der Waals surface area contributed by atoms with Crippen LogP contribution in [0.4, 0.5) is 0 Å². The number of carboxylic acids is 1. The summed E-state index contributed by atoms with van der Waals surface area (Å²) >= 11 is 0. The Bertz CT molecular complexity index is 1570. The van der Waals surface area contributed by atoms with Crippen LogP contribution < -0.4 is 5.11 Å². The monoisotopic (exact) mass is 1150 g/mol. The number of rotatable bonds is 64. The largest absolute Gasteiger partial charge is 0.545 e. The molecular weight excluding hydrogens is 1020 g/mol. The van der Waals surface area contributed by atoms with Crippen molar-refractivity contribution in [2.45, 2.75) is 328 Å². The van der Waals surface area contributed by atoms with E-state index in [1.807, 2.05) is 21.1 Å². The van der Waals surface area contributed by atoms with Gasteiger partial charge in [-0.3, -0.25) is 9.59 Å². The first-order valence-electron chi connectivity index (χ1n) is 34.6. The van der Waals surface area contributed by atoms with Crippen LogP contribution in [0.25, 0.3) is 0 Å². The number of likely N-dealkylation sites (N-methyl/N-ethyl adjacent to an activating group) is 1. The molecule has 0 rings (SSSR count). The van der Waals surface area contributed by atoms with E-state index in [0.29, 0.717) is 23.9 Å². The van der Waals surface area contributed by atoms with Crippen LogP contribution in [0.3, 0.4) is 0 Å². The predicted molar refractivity (Wildman–Crippen MR) is 348 cm³/mol. The normalized spacial score (nSPS) is 13.1. The van der Waals surface area contributed by atoms with Crippen molar-refractivity contribution in [2.24, 2.45) is 0 Å². The molecule has 9 nitrogen and oxygen atoms in total. The van der Waals surface area contributed by atoms with E-state index < -0.39 is 24.3 Å². The third-order valence-electron chi connectivity index (χ3n) is 15.2. The summed E-state index contributed by atoms with van der Waals surface area (Å²) < 4.78 is 22.8. The molecule has 0 saturated carbocycles. The van der Waals surface area contributed by atoms with Crippen molar-refractivity contribution in [3.63, 3.8) is 0 Å². The Morgan fingerprint density at radius 2 is 0.695 bits per heavy atom. The summed E-state index contributed by atoms with van der Waals surface area (Å²) in [7, 11) is 5.94. The van der Waals surface area contributed by atoms with Gasteiger partial charge < -0.3 is 33.3 Å². The number of esters is 2. The standard InChI is InChI=1S/C73H131NO8/c1-6-8-10-12-14-16-18-20-22-24-26-28-30-32-34-35-36-37-38-40-42-44-46-48-50-52-54-56-58-60-62-64-71(76)82-69(68-81-73(72(77)78)79-66-65-74(3,4)5)67-80-70(75)63-61-59-57-55-53-51-49-47-45-43-41-39-33-31-29-27-25-23-21-19-17-15-13-11-9-7-2/h8,10,14,16,20,22,26,28,32,34,36-37,69,73H,6-7,9,11-13,15,17-19,21,23-25,27,29-31,33,35,38-68H2,1-5H3/b10-8-,16-14-,22-20-,28-26-,34-32-,37-36-. The Kier molecular flexibility index (Phi) is 61.2. The van der Waals surface area contributed by atoms with Gasteiger partial charge in [-0.25, -0.2) is 0 Å². The fourth-order valence-corrected chi connectivity index (χ4v) is 9.96. The minimum atomic E-state index is -1.62. The van der Waals surface area contributed by atoms with Crippen molar-refractivity contribution in [1.82, 2.24) is 0 Å². The molecule has 0 amide bonds. The Balaban J connectivity index is 4.12. The van der Waals surface area contributed by atoms with Gasteiger partial charge in [0.1, 0.15) is 13.2 Å². The molecule has 0 aromatic rings. The van der Waals surface area contributed by atoms with Crippen molar-refractivity contribution < 1.29 is 42.9 Å². The minimum absolute atomic E-state index is 0.147. The SMILES string of the molecule is CC/C=C\C/C=C\C/C=C\C/C=C\C/C=C\C/C=C\CCCCCCCCCCCCCCC(=O)OC(COC(=O)CCCCCCCCCCCCCCCCCCCCCCCCCCCC)COC(OCC[N+](C)(C)C)C(=O)[O-]. The Morgan fingerprint density at radius 1 is 0.378 bits per heavy atom. The first kappa shape index (κ1) is 78.7. The number of allylic oxidation sites excluding steroid dienone is 12. The maximum absolute atomic E-state index is 12.9. The summed E-state index contributed by atoms with van der Waals surface area (Å²) in [5.41, 5.74) is 0. The molecule has 0 fully saturated rings. The zero-order chi connectivity index (χ0) is 59.8. The van der Waals surface area contributed by atoms with E-state index in [1.165, 1.54) is 205 Å². The lowest BCUT2D eigenvalue weighted by molar-refractivity contribution is -0.870. The molecule has 2 atom stereocenters. The van der Waals surface area contributed by atoms with Crippen LogP contribution >= 0.6 is 0 Å². The molecule has 0 saturated heterocycles. The number of quaternary nitrogens is 1. The second-order valence-electron chi connectivity index (χ2n) is 24.4. The van der Waals surface area contributed by atoms with Gasteiger partial charge in [0.05, 0.1) is 40.3 Å². The van der Waals surface area contributed by atoms with Crippen molar-refractivity contribution >= 4 is 17.9 Å². The van der Waals surface area contributed by atoms with Gasteiger partial charge in [0.25, 0.3) is 0 Å². The lowest BCUT2D eigenvalue weighted by atomic mass is 10.0. The third-order valence-corrected chi connectivity index (χ3v) is 15.2. The van der Waals surface area contributed by atoms with Crippen LogP contribution in [0.2, 0.25) is 0 Å². The van der Waals surface area contributed by atoms with E-state index in [1.54, 1.807) is 0 Å². The van der Waals surface area contributed by atoms with Gasteiger partial charge in [-0.05, 0) is 64.2 Å². The highest BCUT2D eigenvalue weighted by molar-refractivity contribution is 5.70. The van der Waals surface area contributed by atoms with Crippen molar-refractivity contribution in [3.8, 4) is 0 Å². The van der Waals surface area contributed by atoms with Crippen LogP contribution in [0, 0.1) is 0 Å². The second-order valence-corrected chi connectivity index (χ2v) is 24.4. The van der Waals surface area contributed by atoms with Gasteiger partial charge in [-0.15, -0.1) is 0 Å². The zero-order valence-electron chi connectivity index (χ0n) is 54.4. The molecule has 0 spiro atoms. The van der Waals surface area contributed by atoms with Gasteiger partial charge >= 0.3 is 11.9 Å². The summed E-state index contributed by atoms with van der Waals surface area (Å²) in [6, 6.07) is 0. The lowest BCUT2D eigenvalue weighted by Crippen LogP contribution is -2.44. The third kappa shape index (κ3) is 64.3. The molecule has 0 aliphatic heterocycles. The molecule has 0 aliphatic carbocycles. The Labute approximate surface area is 507 Å². The lowest BCUT2D eigenvalue weighted by Gasteiger charge is -2.26. The van der Waals surface area contributed by atoms with Gasteiger partial charge in [0, 0.05) is 12.8 Å². The number of ether oxygens (including phenoxy) is 4. The minimum Gasteiger partial charge on any atom is -0.545 e. The first-order valence-corrected chi connectivity index (χ1v) is 34.6. The summed E-state index contributed by atoms with van der Waals surface area (Å²) in [6.45, 7) is 4.68. The van der Waals surface area contributed by atoms with Gasteiger partial charge in [-0.2, -0.15) is 0 Å². The molecular formula is C73H131NO8. The summed E-state index contributed by atoms with van der Waals surface area (Å²) in [4.78, 5) is 37.5. The maximum Gasteiger partial charge on any atom is 0.306 e. The van der Waals surface area contributed by atoms with Crippen molar-refractivity contribution in [1.29, 1.82) is 0 Å².